The highest BCUT2D eigenvalue weighted by Crippen LogP contribution is 2.52. The van der Waals surface area contributed by atoms with Gasteiger partial charge in [0.2, 0.25) is 0 Å². The topological polar surface area (TPSA) is 68.2 Å². The van der Waals surface area contributed by atoms with Crippen LogP contribution in [0.2, 0.25) is 0 Å². The number of hydrogen-bond acceptors (Lipinski definition) is 5. The van der Waals surface area contributed by atoms with E-state index in [0.29, 0.717) is 11.5 Å². The molecule has 0 aliphatic carbocycles. The van der Waals surface area contributed by atoms with Crippen LogP contribution in [-0.4, -0.2) is 31.0 Å². The first-order valence-corrected chi connectivity index (χ1v) is 8.65. The van der Waals surface area contributed by atoms with Gasteiger partial charge in [0.25, 0.3) is 0 Å². The minimum absolute atomic E-state index is 0.0109. The van der Waals surface area contributed by atoms with E-state index in [2.05, 4.69) is 13.0 Å². The number of aliphatic hydroxyl groups is 1. The first-order valence-electron chi connectivity index (χ1n) is 8.65. The number of aromatic hydroxyl groups is 1. The van der Waals surface area contributed by atoms with Crippen molar-refractivity contribution in [2.75, 3.05) is 20.8 Å². The molecule has 0 amide bonds. The predicted molar refractivity (Wildman–Crippen MR) is 100 cm³/mol. The van der Waals surface area contributed by atoms with Crippen LogP contribution in [0.1, 0.15) is 42.1 Å². The third kappa shape index (κ3) is 3.22. The average Bonchev–Trinajstić information content (AvgIpc) is 3.04. The Hall–Kier alpha value is -2.66. The molecule has 5 nitrogen and oxygen atoms in total. The predicted octanol–water partition coefficient (Wildman–Crippen LogP) is 4.04. The molecule has 0 saturated carbocycles. The lowest BCUT2D eigenvalue weighted by Crippen LogP contribution is -2.09. The monoisotopic (exact) mass is 356 g/mol. The molecule has 0 saturated heterocycles. The van der Waals surface area contributed by atoms with Crippen molar-refractivity contribution in [1.82, 2.24) is 0 Å². The number of hydrogen-bond donors (Lipinski definition) is 2. The number of aliphatic hydroxyl groups excluding tert-OH is 1. The first-order chi connectivity index (χ1) is 12.6. The summed E-state index contributed by atoms with van der Waals surface area (Å²) in [5, 5.41) is 18.9. The minimum Gasteiger partial charge on any atom is -0.504 e. The Labute approximate surface area is 153 Å². The summed E-state index contributed by atoms with van der Waals surface area (Å²) in [5.74, 6) is 2.10. The number of fused-ring (bicyclic) bond motifs is 1. The summed E-state index contributed by atoms with van der Waals surface area (Å²) in [7, 11) is 3.15. The van der Waals surface area contributed by atoms with Crippen molar-refractivity contribution in [3.8, 4) is 23.0 Å². The third-order valence-corrected chi connectivity index (χ3v) is 4.72. The van der Waals surface area contributed by atoms with Crippen molar-refractivity contribution in [3.63, 3.8) is 0 Å². The lowest BCUT2D eigenvalue weighted by atomic mass is 9.88. The van der Waals surface area contributed by atoms with E-state index in [9.17, 15) is 5.11 Å². The molecule has 138 valence electrons. The summed E-state index contributed by atoms with van der Waals surface area (Å²) in [4.78, 5) is 0. The van der Waals surface area contributed by atoms with Crippen LogP contribution in [0.5, 0.6) is 23.0 Å². The molecule has 5 heteroatoms. The van der Waals surface area contributed by atoms with E-state index in [4.69, 9.17) is 19.3 Å². The SMILES string of the molecule is CCC1c2cc(/C=C/CO)cc(OC)c2OC1c1ccc(O)c(OC)c1. The van der Waals surface area contributed by atoms with E-state index in [0.717, 1.165) is 28.9 Å². The van der Waals surface area contributed by atoms with Gasteiger partial charge in [-0.3, -0.25) is 0 Å². The van der Waals surface area contributed by atoms with Crippen molar-refractivity contribution in [1.29, 1.82) is 0 Å². The maximum atomic E-state index is 9.86. The molecular formula is C21H24O5. The summed E-state index contributed by atoms with van der Waals surface area (Å²) >= 11 is 0. The number of methoxy groups -OCH3 is 2. The molecule has 0 radical (unpaired) electrons. The van der Waals surface area contributed by atoms with Gasteiger partial charge in [-0.2, -0.15) is 0 Å². The minimum atomic E-state index is -0.185. The van der Waals surface area contributed by atoms with Gasteiger partial charge in [0, 0.05) is 11.5 Å². The van der Waals surface area contributed by atoms with Crippen LogP contribution >= 0.6 is 0 Å². The summed E-state index contributed by atoms with van der Waals surface area (Å²) in [6.45, 7) is 2.11. The third-order valence-electron chi connectivity index (χ3n) is 4.72. The average molecular weight is 356 g/mol. The molecule has 1 aliphatic heterocycles. The fourth-order valence-electron chi connectivity index (χ4n) is 3.46. The highest BCUT2D eigenvalue weighted by molar-refractivity contribution is 5.62. The second-order valence-electron chi connectivity index (χ2n) is 6.21. The molecule has 0 bridgehead atoms. The molecule has 1 aliphatic rings. The molecule has 0 fully saturated rings. The lowest BCUT2D eigenvalue weighted by Gasteiger charge is -2.19. The molecule has 2 aromatic rings. The van der Waals surface area contributed by atoms with Gasteiger partial charge in [-0.15, -0.1) is 0 Å². The molecule has 2 aromatic carbocycles. The lowest BCUT2D eigenvalue weighted by molar-refractivity contribution is 0.200. The van der Waals surface area contributed by atoms with E-state index in [1.807, 2.05) is 24.3 Å². The Morgan fingerprint density at radius 2 is 1.88 bits per heavy atom. The summed E-state index contributed by atoms with van der Waals surface area (Å²) < 4.78 is 17.1. The Morgan fingerprint density at radius 1 is 1.12 bits per heavy atom. The normalized spacial score (nSPS) is 18.6. The van der Waals surface area contributed by atoms with Gasteiger partial charge in [0.15, 0.2) is 23.0 Å². The Bertz CT molecular complexity index is 812. The number of ether oxygens (including phenoxy) is 3. The van der Waals surface area contributed by atoms with Crippen molar-refractivity contribution >= 4 is 6.08 Å². The zero-order valence-corrected chi connectivity index (χ0v) is 15.2. The second kappa shape index (κ2) is 7.70. The van der Waals surface area contributed by atoms with Crippen molar-refractivity contribution in [2.24, 2.45) is 0 Å². The fourth-order valence-corrected chi connectivity index (χ4v) is 3.46. The highest BCUT2D eigenvalue weighted by Gasteiger charge is 2.37. The molecular weight excluding hydrogens is 332 g/mol. The van der Waals surface area contributed by atoms with E-state index >= 15 is 0 Å². The fraction of sp³-hybridized carbons (Fsp3) is 0.333. The van der Waals surface area contributed by atoms with E-state index in [1.54, 1.807) is 19.3 Å². The summed E-state index contributed by atoms with van der Waals surface area (Å²) in [6, 6.07) is 9.27. The van der Waals surface area contributed by atoms with Crippen LogP contribution < -0.4 is 14.2 Å². The van der Waals surface area contributed by atoms with Gasteiger partial charge >= 0.3 is 0 Å². The molecule has 2 N–H and O–H groups in total. The largest absolute Gasteiger partial charge is 0.504 e. The van der Waals surface area contributed by atoms with Crippen molar-refractivity contribution in [3.05, 3.63) is 53.1 Å². The Morgan fingerprint density at radius 3 is 2.54 bits per heavy atom. The summed E-state index contributed by atoms with van der Waals surface area (Å²) in [6.07, 6.45) is 4.26. The maximum Gasteiger partial charge on any atom is 0.165 e. The van der Waals surface area contributed by atoms with Crippen LogP contribution in [0, 0.1) is 0 Å². The zero-order valence-electron chi connectivity index (χ0n) is 15.2. The van der Waals surface area contributed by atoms with Gasteiger partial charge in [-0.25, -0.2) is 0 Å². The molecule has 1 heterocycles. The van der Waals surface area contributed by atoms with Crippen LogP contribution in [0.15, 0.2) is 36.4 Å². The van der Waals surface area contributed by atoms with Gasteiger partial charge in [0.1, 0.15) is 6.10 Å². The summed E-state index contributed by atoms with van der Waals surface area (Å²) in [5.41, 5.74) is 2.99. The van der Waals surface area contributed by atoms with Crippen LogP contribution in [-0.2, 0) is 0 Å². The van der Waals surface area contributed by atoms with Crippen LogP contribution in [0.25, 0.3) is 6.08 Å². The van der Waals surface area contributed by atoms with Gasteiger partial charge in [-0.05, 0) is 41.8 Å². The molecule has 2 unspecified atom stereocenters. The molecule has 2 atom stereocenters. The number of rotatable bonds is 6. The van der Waals surface area contributed by atoms with Crippen molar-refractivity contribution < 1.29 is 24.4 Å². The zero-order chi connectivity index (χ0) is 18.7. The second-order valence-corrected chi connectivity index (χ2v) is 6.21. The van der Waals surface area contributed by atoms with Gasteiger partial charge < -0.3 is 24.4 Å². The molecule has 0 aromatic heterocycles. The molecule has 26 heavy (non-hydrogen) atoms. The Kier molecular flexibility index (Phi) is 5.38. The molecule has 3 rings (SSSR count). The number of phenolic OH excluding ortho intramolecular Hbond substituents is 1. The number of phenols is 1. The first kappa shape index (κ1) is 18.1. The van der Waals surface area contributed by atoms with E-state index in [1.165, 1.54) is 7.11 Å². The van der Waals surface area contributed by atoms with Gasteiger partial charge in [-0.1, -0.05) is 25.1 Å². The maximum absolute atomic E-state index is 9.86. The van der Waals surface area contributed by atoms with Crippen LogP contribution in [0.4, 0.5) is 0 Å². The van der Waals surface area contributed by atoms with Crippen LogP contribution in [0.3, 0.4) is 0 Å². The van der Waals surface area contributed by atoms with E-state index in [-0.39, 0.29) is 24.4 Å². The standard InChI is InChI=1S/C21H24O5/c1-4-15-16-10-13(6-5-9-22)11-19(25-3)21(16)26-20(15)14-7-8-17(23)18(12-14)24-2/h5-8,10-12,15,20,22-23H,4,9H2,1-3H3/b6-5+. The van der Waals surface area contributed by atoms with Gasteiger partial charge in [0.05, 0.1) is 20.8 Å². The number of benzene rings is 2. The smallest absolute Gasteiger partial charge is 0.165 e. The quantitative estimate of drug-likeness (QED) is 0.817. The van der Waals surface area contributed by atoms with E-state index < -0.39 is 0 Å². The Balaban J connectivity index is 2.04. The van der Waals surface area contributed by atoms with Crippen molar-refractivity contribution in [2.45, 2.75) is 25.4 Å². The molecule has 0 spiro atoms. The highest BCUT2D eigenvalue weighted by atomic mass is 16.5.